The summed E-state index contributed by atoms with van der Waals surface area (Å²) in [6, 6.07) is 10.4. The molecule has 0 fully saturated rings. The number of anilines is 1. The second kappa shape index (κ2) is 8.47. The van der Waals surface area contributed by atoms with Gasteiger partial charge >= 0.3 is 5.97 Å². The van der Waals surface area contributed by atoms with Crippen LogP contribution in [-0.2, 0) is 29.0 Å². The van der Waals surface area contributed by atoms with Crippen molar-refractivity contribution in [2.75, 3.05) is 18.5 Å². The Labute approximate surface area is 158 Å². The lowest BCUT2D eigenvalue weighted by Gasteiger charge is -2.27. The summed E-state index contributed by atoms with van der Waals surface area (Å²) in [5.41, 5.74) is 2.86. The minimum Gasteiger partial charge on any atom is -0.462 e. The Morgan fingerprint density at radius 2 is 2.00 bits per heavy atom. The number of carbonyl (C=O) groups is 2. The van der Waals surface area contributed by atoms with Crippen molar-refractivity contribution in [3.63, 3.8) is 0 Å². The van der Waals surface area contributed by atoms with E-state index in [0.29, 0.717) is 23.6 Å². The van der Waals surface area contributed by atoms with E-state index in [4.69, 9.17) is 4.74 Å². The fourth-order valence-electron chi connectivity index (χ4n) is 3.16. The molecule has 0 saturated carbocycles. The van der Waals surface area contributed by atoms with Crippen molar-refractivity contribution in [2.24, 2.45) is 0 Å². The van der Waals surface area contributed by atoms with Gasteiger partial charge in [-0.2, -0.15) is 0 Å². The van der Waals surface area contributed by atoms with Gasteiger partial charge in [0.15, 0.2) is 0 Å². The number of rotatable bonds is 6. The van der Waals surface area contributed by atoms with Gasteiger partial charge in [-0.1, -0.05) is 37.3 Å². The van der Waals surface area contributed by atoms with Crippen molar-refractivity contribution < 1.29 is 14.3 Å². The van der Waals surface area contributed by atoms with Gasteiger partial charge in [-0.25, -0.2) is 4.79 Å². The molecular weight excluding hydrogens is 348 g/mol. The zero-order chi connectivity index (χ0) is 18.5. The van der Waals surface area contributed by atoms with E-state index in [1.807, 2.05) is 18.2 Å². The average Bonchev–Trinajstić information content (AvgIpc) is 2.99. The predicted molar refractivity (Wildman–Crippen MR) is 103 cm³/mol. The van der Waals surface area contributed by atoms with Crippen molar-refractivity contribution >= 4 is 28.2 Å². The number of nitrogens with zero attached hydrogens (tertiary/aromatic N) is 1. The summed E-state index contributed by atoms with van der Waals surface area (Å²) in [6.07, 6.45) is 1.17. The molecule has 0 radical (unpaired) electrons. The minimum atomic E-state index is -0.340. The average molecular weight is 372 g/mol. The molecule has 26 heavy (non-hydrogen) atoms. The second-order valence-corrected chi connectivity index (χ2v) is 7.38. The quantitative estimate of drug-likeness (QED) is 0.783. The highest BCUT2D eigenvalue weighted by molar-refractivity contribution is 7.17. The van der Waals surface area contributed by atoms with Crippen LogP contribution >= 0.6 is 11.3 Å². The zero-order valence-electron chi connectivity index (χ0n) is 15.2. The predicted octanol–water partition coefficient (Wildman–Crippen LogP) is 3.83. The molecule has 0 atom stereocenters. The van der Waals surface area contributed by atoms with Gasteiger partial charge in [0.25, 0.3) is 0 Å². The molecule has 1 amide bonds. The maximum Gasteiger partial charge on any atom is 0.341 e. The SMILES string of the molecule is CCOC(=O)c1c(NC(=O)CC)sc2c1CCN(Cc1ccccc1)C2. The van der Waals surface area contributed by atoms with E-state index >= 15 is 0 Å². The lowest BCUT2D eigenvalue weighted by molar-refractivity contribution is -0.115. The third-order valence-corrected chi connectivity index (χ3v) is 5.57. The van der Waals surface area contributed by atoms with Crippen LogP contribution in [0.4, 0.5) is 5.00 Å². The Balaban J connectivity index is 1.84. The summed E-state index contributed by atoms with van der Waals surface area (Å²) in [4.78, 5) is 27.8. The number of hydrogen-bond acceptors (Lipinski definition) is 5. The Morgan fingerprint density at radius 1 is 1.23 bits per heavy atom. The van der Waals surface area contributed by atoms with Gasteiger partial charge in [0.1, 0.15) is 5.00 Å². The van der Waals surface area contributed by atoms with Crippen LogP contribution in [0.3, 0.4) is 0 Å². The number of thiophene rings is 1. The number of amides is 1. The monoisotopic (exact) mass is 372 g/mol. The maximum atomic E-state index is 12.5. The third-order valence-electron chi connectivity index (χ3n) is 4.44. The fraction of sp³-hybridized carbons (Fsp3) is 0.400. The van der Waals surface area contributed by atoms with Crippen molar-refractivity contribution in [1.29, 1.82) is 0 Å². The Morgan fingerprint density at radius 3 is 2.69 bits per heavy atom. The molecule has 138 valence electrons. The van der Waals surface area contributed by atoms with E-state index in [2.05, 4.69) is 22.3 Å². The van der Waals surface area contributed by atoms with Crippen LogP contribution in [0.5, 0.6) is 0 Å². The summed E-state index contributed by atoms with van der Waals surface area (Å²) in [5, 5.41) is 3.51. The number of esters is 1. The summed E-state index contributed by atoms with van der Waals surface area (Å²) < 4.78 is 5.23. The molecule has 0 bridgehead atoms. The summed E-state index contributed by atoms with van der Waals surface area (Å²) in [6.45, 7) is 6.46. The molecule has 1 aromatic heterocycles. The molecule has 1 aliphatic rings. The molecule has 1 aliphatic heterocycles. The Bertz CT molecular complexity index is 786. The highest BCUT2D eigenvalue weighted by Crippen LogP contribution is 2.38. The van der Waals surface area contributed by atoms with E-state index < -0.39 is 0 Å². The molecule has 0 aliphatic carbocycles. The highest BCUT2D eigenvalue weighted by atomic mass is 32.1. The molecule has 1 N–H and O–H groups in total. The molecule has 2 heterocycles. The largest absolute Gasteiger partial charge is 0.462 e. The summed E-state index contributed by atoms with van der Waals surface area (Å²) in [5.74, 6) is -0.428. The second-order valence-electron chi connectivity index (χ2n) is 6.28. The normalized spacial score (nSPS) is 13.9. The summed E-state index contributed by atoms with van der Waals surface area (Å²) >= 11 is 1.50. The first kappa shape index (κ1) is 18.6. The van der Waals surface area contributed by atoms with Gasteiger partial charge in [-0.15, -0.1) is 11.3 Å². The van der Waals surface area contributed by atoms with Crippen LogP contribution in [0.15, 0.2) is 30.3 Å². The molecule has 0 unspecified atom stereocenters. The molecular formula is C20H24N2O3S. The van der Waals surface area contributed by atoms with Crippen LogP contribution in [-0.4, -0.2) is 29.9 Å². The van der Waals surface area contributed by atoms with Gasteiger partial charge in [0.05, 0.1) is 12.2 Å². The van der Waals surface area contributed by atoms with E-state index in [9.17, 15) is 9.59 Å². The number of nitrogens with one attached hydrogen (secondary N) is 1. The van der Waals surface area contributed by atoms with Crippen LogP contribution in [0, 0.1) is 0 Å². The van der Waals surface area contributed by atoms with E-state index in [1.165, 1.54) is 16.9 Å². The third kappa shape index (κ3) is 4.14. The Kier molecular flexibility index (Phi) is 6.06. The smallest absolute Gasteiger partial charge is 0.341 e. The Hall–Kier alpha value is -2.18. The van der Waals surface area contributed by atoms with Crippen LogP contribution < -0.4 is 5.32 Å². The van der Waals surface area contributed by atoms with Crippen LogP contribution in [0.2, 0.25) is 0 Å². The van der Waals surface area contributed by atoms with Gasteiger partial charge in [-0.3, -0.25) is 9.69 Å². The molecule has 2 aromatic rings. The van der Waals surface area contributed by atoms with Gasteiger partial charge in [0, 0.05) is 30.9 Å². The number of ether oxygens (including phenoxy) is 1. The van der Waals surface area contributed by atoms with Crippen molar-refractivity contribution in [3.8, 4) is 0 Å². The number of benzene rings is 1. The van der Waals surface area contributed by atoms with Crippen LogP contribution in [0.25, 0.3) is 0 Å². The fourth-order valence-corrected chi connectivity index (χ4v) is 4.45. The first-order chi connectivity index (χ1) is 12.6. The van der Waals surface area contributed by atoms with Crippen molar-refractivity contribution in [3.05, 3.63) is 51.9 Å². The number of carbonyl (C=O) groups excluding carboxylic acids is 2. The molecule has 6 heteroatoms. The first-order valence-corrected chi connectivity index (χ1v) is 9.81. The standard InChI is InChI=1S/C20H24N2O3S/c1-3-17(23)21-19-18(20(24)25-4-2)15-10-11-22(13-16(15)26-19)12-14-8-6-5-7-9-14/h5-9H,3-4,10-13H2,1-2H3,(H,21,23). The molecule has 0 spiro atoms. The van der Waals surface area contributed by atoms with E-state index in [0.717, 1.165) is 36.5 Å². The lowest BCUT2D eigenvalue weighted by atomic mass is 10.0. The molecule has 5 nitrogen and oxygen atoms in total. The van der Waals surface area contributed by atoms with Gasteiger partial charge in [-0.05, 0) is 24.5 Å². The molecule has 1 aromatic carbocycles. The van der Waals surface area contributed by atoms with E-state index in [-0.39, 0.29) is 11.9 Å². The molecule has 3 rings (SSSR count). The van der Waals surface area contributed by atoms with Crippen LogP contribution in [0.1, 0.15) is 46.6 Å². The van der Waals surface area contributed by atoms with Crippen molar-refractivity contribution in [1.82, 2.24) is 4.90 Å². The van der Waals surface area contributed by atoms with Crippen molar-refractivity contribution in [2.45, 2.75) is 39.8 Å². The number of fused-ring (bicyclic) bond motifs is 1. The summed E-state index contributed by atoms with van der Waals surface area (Å²) in [7, 11) is 0. The van der Waals surface area contributed by atoms with Gasteiger partial charge < -0.3 is 10.1 Å². The first-order valence-electron chi connectivity index (χ1n) is 9.00. The zero-order valence-corrected chi connectivity index (χ0v) is 16.0. The van der Waals surface area contributed by atoms with E-state index in [1.54, 1.807) is 13.8 Å². The van der Waals surface area contributed by atoms with Gasteiger partial charge in [0.2, 0.25) is 5.91 Å². The maximum absolute atomic E-state index is 12.5. The molecule has 0 saturated heterocycles. The highest BCUT2D eigenvalue weighted by Gasteiger charge is 2.29. The minimum absolute atomic E-state index is 0.0877. The topological polar surface area (TPSA) is 58.6 Å². The number of hydrogen-bond donors (Lipinski definition) is 1. The lowest BCUT2D eigenvalue weighted by Crippen LogP contribution is -2.29.